The molecule has 0 aromatic carbocycles. The maximum atomic E-state index is 10.8. The first-order valence-electron chi connectivity index (χ1n) is 4.17. The third kappa shape index (κ3) is 1.47. The molecule has 1 amide bonds. The largest absolute Gasteiger partial charge is 0.464 e. The van der Waals surface area contributed by atoms with Crippen LogP contribution in [0.4, 0.5) is 0 Å². The quantitative estimate of drug-likeness (QED) is 0.670. The highest BCUT2D eigenvalue weighted by Gasteiger charge is 2.24. The van der Waals surface area contributed by atoms with Crippen molar-refractivity contribution in [1.29, 1.82) is 0 Å². The monoisotopic (exact) mass is 178 g/mol. The molecular weight excluding hydrogens is 168 g/mol. The number of aryl methyl sites for hydroxylation is 1. The van der Waals surface area contributed by atoms with E-state index in [2.05, 4.69) is 4.98 Å². The van der Waals surface area contributed by atoms with Gasteiger partial charge in [-0.3, -0.25) is 4.79 Å². The Kier molecular flexibility index (Phi) is 1.88. The molecule has 0 saturated carbocycles. The molecule has 0 bridgehead atoms. The number of fused-ring (bicyclic) bond motifs is 1. The van der Waals surface area contributed by atoms with E-state index < -0.39 is 12.0 Å². The third-order valence-electron chi connectivity index (χ3n) is 2.10. The Bertz CT molecular complexity index is 338. The Labute approximate surface area is 75.7 Å². The molecule has 1 atom stereocenters. The second-order valence-corrected chi connectivity index (χ2v) is 3.02. The highest BCUT2D eigenvalue weighted by Crippen LogP contribution is 2.24. The highest BCUT2D eigenvalue weighted by molar-refractivity contribution is 5.79. The third-order valence-corrected chi connectivity index (χ3v) is 2.10. The van der Waals surface area contributed by atoms with E-state index in [-0.39, 0.29) is 0 Å². The van der Waals surface area contributed by atoms with Crippen molar-refractivity contribution in [2.24, 2.45) is 5.73 Å². The van der Waals surface area contributed by atoms with E-state index in [4.69, 9.17) is 10.5 Å². The molecule has 1 unspecified atom stereocenters. The van der Waals surface area contributed by atoms with Crippen molar-refractivity contribution in [1.82, 2.24) is 4.98 Å². The molecular formula is C9H10N2O2. The minimum Gasteiger partial charge on any atom is -0.464 e. The number of nitrogens with zero attached hydrogens (tertiary/aromatic N) is 1. The number of amides is 1. The predicted molar refractivity (Wildman–Crippen MR) is 46.2 cm³/mol. The van der Waals surface area contributed by atoms with Crippen LogP contribution in [0.1, 0.15) is 12.0 Å². The van der Waals surface area contributed by atoms with Crippen LogP contribution in [0.25, 0.3) is 0 Å². The van der Waals surface area contributed by atoms with E-state index in [9.17, 15) is 4.79 Å². The fraction of sp³-hybridized carbons (Fsp3) is 0.333. The number of pyridine rings is 1. The van der Waals surface area contributed by atoms with Crippen LogP contribution in [0.5, 0.6) is 5.88 Å². The standard InChI is InChI=1S/C9H10N2O2/c10-8(12)7-4-3-6-2-1-5-11-9(6)13-7/h1-2,5,7H,3-4H2,(H2,10,12). The van der Waals surface area contributed by atoms with E-state index in [0.29, 0.717) is 12.3 Å². The van der Waals surface area contributed by atoms with Gasteiger partial charge in [0.2, 0.25) is 5.88 Å². The van der Waals surface area contributed by atoms with E-state index in [0.717, 1.165) is 12.0 Å². The fourth-order valence-electron chi connectivity index (χ4n) is 1.40. The Morgan fingerprint density at radius 1 is 1.69 bits per heavy atom. The topological polar surface area (TPSA) is 65.2 Å². The number of aromatic nitrogens is 1. The average molecular weight is 178 g/mol. The second-order valence-electron chi connectivity index (χ2n) is 3.02. The van der Waals surface area contributed by atoms with Gasteiger partial charge in [-0.2, -0.15) is 0 Å². The molecule has 0 spiro atoms. The van der Waals surface area contributed by atoms with Gasteiger partial charge in [-0.25, -0.2) is 4.98 Å². The van der Waals surface area contributed by atoms with Crippen molar-refractivity contribution in [3.8, 4) is 5.88 Å². The molecule has 1 aliphatic heterocycles. The van der Waals surface area contributed by atoms with E-state index in [1.807, 2.05) is 12.1 Å². The van der Waals surface area contributed by atoms with Crippen molar-refractivity contribution in [3.63, 3.8) is 0 Å². The second kappa shape index (κ2) is 3.05. The molecule has 0 saturated heterocycles. The lowest BCUT2D eigenvalue weighted by atomic mass is 10.0. The number of rotatable bonds is 1. The zero-order chi connectivity index (χ0) is 9.26. The van der Waals surface area contributed by atoms with Crippen LogP contribution in [0, 0.1) is 0 Å². The lowest BCUT2D eigenvalue weighted by molar-refractivity contribution is -0.125. The van der Waals surface area contributed by atoms with Crippen molar-refractivity contribution < 1.29 is 9.53 Å². The summed E-state index contributed by atoms with van der Waals surface area (Å²) in [5, 5.41) is 0. The summed E-state index contributed by atoms with van der Waals surface area (Å²) in [5.41, 5.74) is 6.17. The molecule has 4 heteroatoms. The number of carbonyl (C=O) groups excluding carboxylic acids is 1. The van der Waals surface area contributed by atoms with Crippen molar-refractivity contribution in [2.75, 3.05) is 0 Å². The van der Waals surface area contributed by atoms with Gasteiger partial charge < -0.3 is 10.5 Å². The number of hydrogen-bond acceptors (Lipinski definition) is 3. The number of nitrogens with two attached hydrogens (primary N) is 1. The lowest BCUT2D eigenvalue weighted by Crippen LogP contribution is -2.36. The smallest absolute Gasteiger partial charge is 0.258 e. The van der Waals surface area contributed by atoms with Crippen molar-refractivity contribution in [3.05, 3.63) is 23.9 Å². The SMILES string of the molecule is NC(=O)C1CCc2cccnc2O1. The van der Waals surface area contributed by atoms with Gasteiger partial charge in [0, 0.05) is 11.8 Å². The molecule has 13 heavy (non-hydrogen) atoms. The Balaban J connectivity index is 2.24. The Morgan fingerprint density at radius 2 is 2.54 bits per heavy atom. The Morgan fingerprint density at radius 3 is 3.31 bits per heavy atom. The van der Waals surface area contributed by atoms with Gasteiger partial charge in [-0.15, -0.1) is 0 Å². The maximum absolute atomic E-state index is 10.8. The van der Waals surface area contributed by atoms with Gasteiger partial charge in [0.15, 0.2) is 6.10 Å². The van der Waals surface area contributed by atoms with Crippen LogP contribution < -0.4 is 10.5 Å². The minimum absolute atomic E-state index is 0.420. The van der Waals surface area contributed by atoms with Gasteiger partial charge >= 0.3 is 0 Å². The van der Waals surface area contributed by atoms with Crippen molar-refractivity contribution >= 4 is 5.91 Å². The van der Waals surface area contributed by atoms with E-state index >= 15 is 0 Å². The summed E-state index contributed by atoms with van der Waals surface area (Å²) in [6.45, 7) is 0. The average Bonchev–Trinajstić information content (AvgIpc) is 2.17. The summed E-state index contributed by atoms with van der Waals surface area (Å²) in [4.78, 5) is 14.9. The molecule has 4 nitrogen and oxygen atoms in total. The number of ether oxygens (including phenoxy) is 1. The van der Waals surface area contributed by atoms with Crippen LogP contribution in [-0.4, -0.2) is 17.0 Å². The molecule has 2 rings (SSSR count). The van der Waals surface area contributed by atoms with E-state index in [1.165, 1.54) is 0 Å². The number of primary amides is 1. The molecule has 2 N–H and O–H groups in total. The molecule has 68 valence electrons. The summed E-state index contributed by atoms with van der Waals surface area (Å²) in [6, 6.07) is 3.80. The zero-order valence-corrected chi connectivity index (χ0v) is 7.06. The minimum atomic E-state index is -0.512. The summed E-state index contributed by atoms with van der Waals surface area (Å²) in [5.74, 6) is 0.119. The maximum Gasteiger partial charge on any atom is 0.258 e. The molecule has 1 aliphatic rings. The summed E-state index contributed by atoms with van der Waals surface area (Å²) in [6.07, 6.45) is 2.58. The summed E-state index contributed by atoms with van der Waals surface area (Å²) >= 11 is 0. The van der Waals surface area contributed by atoms with Crippen molar-refractivity contribution in [2.45, 2.75) is 18.9 Å². The molecule has 0 radical (unpaired) electrons. The van der Waals surface area contributed by atoms with Gasteiger partial charge in [-0.05, 0) is 18.9 Å². The molecule has 1 aromatic heterocycles. The number of hydrogen-bond donors (Lipinski definition) is 1. The summed E-state index contributed by atoms with van der Waals surface area (Å²) < 4.78 is 5.31. The van der Waals surface area contributed by atoms with Crippen LogP contribution >= 0.6 is 0 Å². The van der Waals surface area contributed by atoms with E-state index in [1.54, 1.807) is 6.20 Å². The number of carbonyl (C=O) groups is 1. The summed E-state index contributed by atoms with van der Waals surface area (Å²) in [7, 11) is 0. The van der Waals surface area contributed by atoms with Gasteiger partial charge in [-0.1, -0.05) is 6.07 Å². The Hall–Kier alpha value is -1.58. The van der Waals surface area contributed by atoms with Crippen LogP contribution in [0.15, 0.2) is 18.3 Å². The highest BCUT2D eigenvalue weighted by atomic mass is 16.5. The normalized spacial score (nSPS) is 20.2. The molecule has 0 fully saturated rings. The first-order chi connectivity index (χ1) is 6.27. The fourth-order valence-corrected chi connectivity index (χ4v) is 1.40. The zero-order valence-electron chi connectivity index (χ0n) is 7.06. The predicted octanol–water partition coefficient (Wildman–Crippen LogP) is 0.260. The van der Waals surface area contributed by atoms with Crippen LogP contribution in [0.3, 0.4) is 0 Å². The molecule has 2 heterocycles. The van der Waals surface area contributed by atoms with Crippen LogP contribution in [0.2, 0.25) is 0 Å². The molecule has 1 aromatic rings. The first kappa shape index (κ1) is 8.04. The van der Waals surface area contributed by atoms with Gasteiger partial charge in [0.05, 0.1) is 0 Å². The van der Waals surface area contributed by atoms with Gasteiger partial charge in [0.1, 0.15) is 0 Å². The lowest BCUT2D eigenvalue weighted by Gasteiger charge is -2.22. The van der Waals surface area contributed by atoms with Gasteiger partial charge in [0.25, 0.3) is 5.91 Å². The molecule has 0 aliphatic carbocycles. The first-order valence-corrected chi connectivity index (χ1v) is 4.17. The van der Waals surface area contributed by atoms with Crippen LogP contribution in [-0.2, 0) is 11.2 Å².